The van der Waals surface area contributed by atoms with Gasteiger partial charge < -0.3 is 9.74 Å². The lowest BCUT2D eigenvalue weighted by Gasteiger charge is -2.27. The molecule has 196 valence electrons. The van der Waals surface area contributed by atoms with Gasteiger partial charge in [0.1, 0.15) is 23.5 Å². The number of benzene rings is 2. The summed E-state index contributed by atoms with van der Waals surface area (Å²) in [6, 6.07) is 12.5. The fourth-order valence-electron chi connectivity index (χ4n) is 4.75. The summed E-state index contributed by atoms with van der Waals surface area (Å²) in [4.78, 5) is 21.3. The fourth-order valence-corrected chi connectivity index (χ4v) is 4.75. The van der Waals surface area contributed by atoms with Crippen LogP contribution >= 0.6 is 0 Å². The Morgan fingerprint density at radius 3 is 2.22 bits per heavy atom. The first-order valence-corrected chi connectivity index (χ1v) is 12.9. The number of oxime groups is 1. The quantitative estimate of drug-likeness (QED) is 0.282. The molecule has 4 rings (SSSR count). The minimum atomic E-state index is -0.742. The van der Waals surface area contributed by atoms with E-state index in [0.717, 1.165) is 48.8 Å². The first kappa shape index (κ1) is 26.7. The summed E-state index contributed by atoms with van der Waals surface area (Å²) in [6.07, 6.45) is 3.20. The van der Waals surface area contributed by atoms with E-state index in [2.05, 4.69) is 44.8 Å². The molecule has 1 aliphatic rings. The van der Waals surface area contributed by atoms with Crippen molar-refractivity contribution in [2.75, 3.05) is 20.1 Å². The molecule has 1 saturated heterocycles. The topological polar surface area (TPSA) is 46.8 Å². The summed E-state index contributed by atoms with van der Waals surface area (Å²) in [5.41, 5.74) is 3.55. The van der Waals surface area contributed by atoms with Crippen molar-refractivity contribution < 1.29 is 13.6 Å². The zero-order chi connectivity index (χ0) is 26.7. The molecule has 2 heterocycles. The number of para-hydroxylation sites is 1. The van der Waals surface area contributed by atoms with Crippen LogP contribution in [-0.2, 0) is 4.84 Å². The van der Waals surface area contributed by atoms with Gasteiger partial charge in [0.05, 0.1) is 5.69 Å². The van der Waals surface area contributed by atoms with Crippen molar-refractivity contribution in [3.8, 4) is 5.69 Å². The van der Waals surface area contributed by atoms with Gasteiger partial charge in [0, 0.05) is 42.5 Å². The molecule has 1 fully saturated rings. The van der Waals surface area contributed by atoms with Gasteiger partial charge in [-0.15, -0.1) is 0 Å². The first-order chi connectivity index (χ1) is 17.7. The number of aromatic nitrogens is 1. The van der Waals surface area contributed by atoms with Crippen LogP contribution in [0.2, 0.25) is 0 Å². The van der Waals surface area contributed by atoms with Gasteiger partial charge in [0.15, 0.2) is 0 Å². The number of hydrogen-bond acceptors (Lipinski definition) is 4. The molecular weight excluding hydrogens is 472 g/mol. The Balaban J connectivity index is 1.87. The molecule has 0 bridgehead atoms. The van der Waals surface area contributed by atoms with Gasteiger partial charge in [-0.25, -0.2) is 8.78 Å². The number of halogens is 2. The Kier molecular flexibility index (Phi) is 8.22. The third-order valence-electron chi connectivity index (χ3n) is 6.91. The predicted molar refractivity (Wildman–Crippen MR) is 144 cm³/mol. The summed E-state index contributed by atoms with van der Waals surface area (Å²) in [5.74, 6) is -1.05. The molecule has 0 N–H and O–H groups in total. The van der Waals surface area contributed by atoms with Gasteiger partial charge in [0.2, 0.25) is 0 Å². The Hall–Kier alpha value is -3.32. The van der Waals surface area contributed by atoms with Gasteiger partial charge >= 0.3 is 0 Å². The molecule has 5 nitrogen and oxygen atoms in total. The van der Waals surface area contributed by atoms with Crippen LogP contribution in [0, 0.1) is 11.6 Å². The van der Waals surface area contributed by atoms with E-state index in [9.17, 15) is 13.6 Å². The van der Waals surface area contributed by atoms with Crippen LogP contribution in [0.3, 0.4) is 0 Å². The largest absolute Gasteiger partial charge is 0.392 e. The van der Waals surface area contributed by atoms with Crippen molar-refractivity contribution >= 4 is 5.71 Å². The van der Waals surface area contributed by atoms with E-state index in [-0.39, 0.29) is 34.8 Å². The molecule has 0 radical (unpaired) electrons. The summed E-state index contributed by atoms with van der Waals surface area (Å²) < 4.78 is 30.4. The van der Waals surface area contributed by atoms with Gasteiger partial charge in [0.25, 0.3) is 5.56 Å². The van der Waals surface area contributed by atoms with Gasteiger partial charge in [-0.3, -0.25) is 9.36 Å². The van der Waals surface area contributed by atoms with Crippen molar-refractivity contribution in [1.29, 1.82) is 0 Å². The molecule has 1 aliphatic heterocycles. The average Bonchev–Trinajstić information content (AvgIpc) is 2.86. The summed E-state index contributed by atoms with van der Waals surface area (Å²) in [6.45, 7) is 10.1. The highest BCUT2D eigenvalue weighted by molar-refractivity contribution is 6.12. The maximum Gasteiger partial charge on any atom is 0.255 e. The number of piperidine rings is 1. The van der Waals surface area contributed by atoms with E-state index >= 15 is 0 Å². The molecule has 0 unspecified atom stereocenters. The highest BCUT2D eigenvalue weighted by Gasteiger charge is 2.22. The molecule has 7 heteroatoms. The van der Waals surface area contributed by atoms with Crippen LogP contribution in [0.1, 0.15) is 74.6 Å². The number of nitrogens with zero attached hydrogens (tertiary/aromatic N) is 3. The average molecular weight is 508 g/mol. The minimum Gasteiger partial charge on any atom is -0.392 e. The van der Waals surface area contributed by atoms with Crippen LogP contribution in [0.5, 0.6) is 0 Å². The zero-order valence-corrected chi connectivity index (χ0v) is 22.2. The maximum atomic E-state index is 15.0. The number of rotatable bonds is 7. The van der Waals surface area contributed by atoms with Crippen molar-refractivity contribution in [3.05, 3.63) is 99.0 Å². The molecule has 2 aromatic carbocycles. The van der Waals surface area contributed by atoms with Crippen LogP contribution < -0.4 is 5.56 Å². The lowest BCUT2D eigenvalue weighted by atomic mass is 9.92. The van der Waals surface area contributed by atoms with E-state index in [0.29, 0.717) is 5.56 Å². The molecule has 0 aliphatic carbocycles. The van der Waals surface area contributed by atoms with Crippen LogP contribution in [0.15, 0.2) is 64.7 Å². The third kappa shape index (κ3) is 5.99. The second-order valence-electron chi connectivity index (χ2n) is 10.4. The second-order valence-corrected chi connectivity index (χ2v) is 10.4. The van der Waals surface area contributed by atoms with Crippen molar-refractivity contribution in [3.63, 3.8) is 0 Å². The summed E-state index contributed by atoms with van der Waals surface area (Å²) in [7, 11) is 2.06. The SMILES string of the molecule is CC(C)c1cccc(C(C)C)c1-n1cc(/C(=N/OC2CCN(C)CC2)c2ccc(F)cc2F)ccc1=O. The predicted octanol–water partition coefficient (Wildman–Crippen LogP) is 6.23. The Bertz CT molecular complexity index is 1310. The van der Waals surface area contributed by atoms with Gasteiger partial charge in [-0.1, -0.05) is 51.0 Å². The third-order valence-corrected chi connectivity index (χ3v) is 6.91. The molecular formula is C30H35F2N3O2. The maximum absolute atomic E-state index is 15.0. The fraction of sp³-hybridized carbons (Fsp3) is 0.400. The lowest BCUT2D eigenvalue weighted by Crippen LogP contribution is -2.33. The van der Waals surface area contributed by atoms with Crippen molar-refractivity contribution in [1.82, 2.24) is 9.47 Å². The highest BCUT2D eigenvalue weighted by Crippen LogP contribution is 2.30. The van der Waals surface area contributed by atoms with E-state index in [4.69, 9.17) is 4.84 Å². The Labute approximate surface area is 217 Å². The zero-order valence-electron chi connectivity index (χ0n) is 22.2. The smallest absolute Gasteiger partial charge is 0.255 e. The van der Waals surface area contributed by atoms with Gasteiger partial charge in [-0.2, -0.15) is 0 Å². The monoisotopic (exact) mass is 507 g/mol. The molecule has 37 heavy (non-hydrogen) atoms. The van der Waals surface area contributed by atoms with Crippen LogP contribution in [-0.4, -0.2) is 41.4 Å². The molecule has 0 saturated carbocycles. The van der Waals surface area contributed by atoms with Crippen molar-refractivity contribution in [2.45, 2.75) is 58.5 Å². The second kappa shape index (κ2) is 11.4. The van der Waals surface area contributed by atoms with E-state index in [1.807, 2.05) is 18.2 Å². The number of hydrogen-bond donors (Lipinski definition) is 0. The van der Waals surface area contributed by atoms with E-state index in [1.54, 1.807) is 16.8 Å². The number of pyridine rings is 1. The van der Waals surface area contributed by atoms with E-state index < -0.39 is 11.6 Å². The Morgan fingerprint density at radius 1 is 0.973 bits per heavy atom. The molecule has 0 spiro atoms. The Morgan fingerprint density at radius 2 is 1.62 bits per heavy atom. The summed E-state index contributed by atoms with van der Waals surface area (Å²) in [5, 5.41) is 4.40. The normalized spacial score (nSPS) is 15.5. The lowest BCUT2D eigenvalue weighted by molar-refractivity contribution is 0.0163. The first-order valence-electron chi connectivity index (χ1n) is 12.9. The minimum absolute atomic E-state index is 0.102. The molecule has 0 amide bonds. The van der Waals surface area contributed by atoms with Gasteiger partial charge in [-0.05, 0) is 61.1 Å². The van der Waals surface area contributed by atoms with Crippen molar-refractivity contribution in [2.24, 2.45) is 5.16 Å². The van der Waals surface area contributed by atoms with E-state index in [1.165, 1.54) is 18.2 Å². The molecule has 1 aromatic heterocycles. The van der Waals surface area contributed by atoms with Crippen LogP contribution in [0.4, 0.5) is 8.78 Å². The standard InChI is InChI=1S/C30H35F2N3O2/c1-19(2)24-7-6-8-25(20(3)4)30(24)35-18-21(9-12-28(35)36)29(26-11-10-22(31)17-27(26)32)33-37-23-13-15-34(5)16-14-23/h6-12,17-20,23H,13-16H2,1-5H3/b33-29-. The molecule has 0 atom stereocenters. The summed E-state index contributed by atoms with van der Waals surface area (Å²) >= 11 is 0. The molecule has 3 aromatic rings. The highest BCUT2D eigenvalue weighted by atomic mass is 19.1. The number of likely N-dealkylation sites (tertiary alicyclic amines) is 1. The van der Waals surface area contributed by atoms with Crippen LogP contribution in [0.25, 0.3) is 5.69 Å².